The maximum atomic E-state index is 11.8. The number of hydrogen-bond acceptors (Lipinski definition) is 4. The number of amides is 1. The topological polar surface area (TPSA) is 75.6 Å². The van der Waals surface area contributed by atoms with Crippen molar-refractivity contribution in [2.75, 3.05) is 13.2 Å². The second-order valence-electron chi connectivity index (χ2n) is 3.70. The number of carboxylic acid groups (broad SMARTS) is 1. The summed E-state index contributed by atoms with van der Waals surface area (Å²) in [6.07, 6.45) is 0. The third-order valence-electron chi connectivity index (χ3n) is 2.54. The summed E-state index contributed by atoms with van der Waals surface area (Å²) in [7, 11) is 0. The highest BCUT2D eigenvalue weighted by molar-refractivity contribution is 14.1. The summed E-state index contributed by atoms with van der Waals surface area (Å²) in [5.74, 6) is -1.84. The minimum absolute atomic E-state index is 0.154. The van der Waals surface area contributed by atoms with Crippen LogP contribution in [0.5, 0.6) is 0 Å². The number of thiophene rings is 1. The lowest BCUT2D eigenvalue weighted by atomic mass is 10.0. The van der Waals surface area contributed by atoms with Gasteiger partial charge in [0.15, 0.2) is 0 Å². The Labute approximate surface area is 115 Å². The molecule has 1 aromatic heterocycles. The third kappa shape index (κ3) is 2.96. The van der Waals surface area contributed by atoms with Crippen LogP contribution in [-0.2, 0) is 9.53 Å². The number of nitrogens with one attached hydrogen (secondary N) is 1. The molecule has 0 bridgehead atoms. The van der Waals surface area contributed by atoms with Crippen molar-refractivity contribution in [1.29, 1.82) is 0 Å². The van der Waals surface area contributed by atoms with E-state index in [9.17, 15) is 9.59 Å². The van der Waals surface area contributed by atoms with Crippen LogP contribution in [0.3, 0.4) is 0 Å². The van der Waals surface area contributed by atoms with Crippen molar-refractivity contribution in [2.24, 2.45) is 5.92 Å². The highest BCUT2D eigenvalue weighted by Gasteiger charge is 2.35. The molecule has 0 aliphatic carbocycles. The molecule has 1 fully saturated rings. The Morgan fingerprint density at radius 1 is 1.53 bits per heavy atom. The number of ether oxygens (including phenoxy) is 1. The Kier molecular flexibility index (Phi) is 4.00. The van der Waals surface area contributed by atoms with E-state index in [1.807, 2.05) is 0 Å². The average Bonchev–Trinajstić information content (AvgIpc) is 2.86. The van der Waals surface area contributed by atoms with Crippen molar-refractivity contribution in [3.63, 3.8) is 0 Å². The van der Waals surface area contributed by atoms with Gasteiger partial charge in [-0.1, -0.05) is 0 Å². The molecule has 5 nitrogen and oxygen atoms in total. The van der Waals surface area contributed by atoms with Crippen molar-refractivity contribution in [3.8, 4) is 0 Å². The van der Waals surface area contributed by atoms with Gasteiger partial charge in [-0.3, -0.25) is 9.59 Å². The Balaban J connectivity index is 2.01. The molecule has 0 spiro atoms. The van der Waals surface area contributed by atoms with E-state index in [1.54, 1.807) is 11.4 Å². The van der Waals surface area contributed by atoms with Crippen molar-refractivity contribution in [1.82, 2.24) is 5.32 Å². The van der Waals surface area contributed by atoms with Gasteiger partial charge in [0.25, 0.3) is 5.91 Å². The molecular weight excluding hydrogens is 357 g/mol. The number of aliphatic carboxylic acids is 1. The predicted octanol–water partition coefficient (Wildman–Crippen LogP) is 1.18. The average molecular weight is 367 g/mol. The number of hydrogen-bond donors (Lipinski definition) is 2. The van der Waals surface area contributed by atoms with Crippen LogP contribution < -0.4 is 5.32 Å². The van der Waals surface area contributed by atoms with Crippen LogP contribution in [0.25, 0.3) is 0 Å². The van der Waals surface area contributed by atoms with E-state index in [1.165, 1.54) is 11.3 Å². The van der Waals surface area contributed by atoms with Gasteiger partial charge < -0.3 is 15.2 Å². The minimum Gasteiger partial charge on any atom is -0.481 e. The Morgan fingerprint density at radius 2 is 2.29 bits per heavy atom. The van der Waals surface area contributed by atoms with E-state index in [0.29, 0.717) is 5.56 Å². The highest BCUT2D eigenvalue weighted by atomic mass is 127. The van der Waals surface area contributed by atoms with Gasteiger partial charge in [-0.15, -0.1) is 11.3 Å². The molecular formula is C10H10INO4S. The van der Waals surface area contributed by atoms with Gasteiger partial charge in [-0.2, -0.15) is 0 Å². The van der Waals surface area contributed by atoms with Crippen molar-refractivity contribution >= 4 is 45.8 Å². The smallest absolute Gasteiger partial charge is 0.311 e. The molecule has 2 N–H and O–H groups in total. The Morgan fingerprint density at radius 3 is 2.88 bits per heavy atom. The minimum atomic E-state index is -0.937. The fraction of sp³-hybridized carbons (Fsp3) is 0.400. The van der Waals surface area contributed by atoms with Crippen molar-refractivity contribution < 1.29 is 19.4 Å². The molecule has 1 saturated heterocycles. The van der Waals surface area contributed by atoms with Gasteiger partial charge in [-0.25, -0.2) is 0 Å². The molecule has 2 heterocycles. The zero-order valence-corrected chi connectivity index (χ0v) is 11.7. The molecule has 2 unspecified atom stereocenters. The molecule has 7 heteroatoms. The normalized spacial score (nSPS) is 23.6. The van der Waals surface area contributed by atoms with E-state index in [-0.39, 0.29) is 19.1 Å². The monoisotopic (exact) mass is 367 g/mol. The lowest BCUT2D eigenvalue weighted by Gasteiger charge is -2.14. The standard InChI is InChI=1S/C10H10INO4S/c11-8-1-5(4-17-8)9(13)12-7-3-16-2-6(7)10(14)15/h1,4,6-7H,2-3H2,(H,12,13)(H,14,15). The Hall–Kier alpha value is -0.670. The van der Waals surface area contributed by atoms with E-state index in [0.717, 1.165) is 2.88 Å². The molecule has 0 saturated carbocycles. The molecule has 1 aliphatic heterocycles. The molecule has 1 aliphatic rings. The summed E-state index contributed by atoms with van der Waals surface area (Å²) >= 11 is 3.61. The highest BCUT2D eigenvalue weighted by Crippen LogP contribution is 2.18. The fourth-order valence-corrected chi connectivity index (χ4v) is 2.95. The van der Waals surface area contributed by atoms with E-state index < -0.39 is 17.9 Å². The van der Waals surface area contributed by atoms with E-state index in [2.05, 4.69) is 27.9 Å². The summed E-state index contributed by atoms with van der Waals surface area (Å²) < 4.78 is 6.10. The van der Waals surface area contributed by atoms with Gasteiger partial charge in [0.05, 0.1) is 27.7 Å². The lowest BCUT2D eigenvalue weighted by Crippen LogP contribution is -2.42. The molecule has 2 rings (SSSR count). The molecule has 0 radical (unpaired) electrons. The quantitative estimate of drug-likeness (QED) is 0.787. The molecule has 92 valence electrons. The second kappa shape index (κ2) is 5.32. The number of rotatable bonds is 3. The van der Waals surface area contributed by atoms with Gasteiger partial charge in [0.2, 0.25) is 0 Å². The first kappa shape index (κ1) is 12.8. The first-order valence-corrected chi connectivity index (χ1v) is 6.89. The zero-order valence-electron chi connectivity index (χ0n) is 8.68. The van der Waals surface area contributed by atoms with Crippen LogP contribution in [0.4, 0.5) is 0 Å². The summed E-state index contributed by atoms with van der Waals surface area (Å²) in [5.41, 5.74) is 0.565. The number of halogens is 1. The fourth-order valence-electron chi connectivity index (χ4n) is 1.62. The summed E-state index contributed by atoms with van der Waals surface area (Å²) in [5, 5.41) is 13.4. The van der Waals surface area contributed by atoms with Crippen LogP contribution in [-0.4, -0.2) is 36.2 Å². The first-order valence-electron chi connectivity index (χ1n) is 4.93. The maximum Gasteiger partial charge on any atom is 0.311 e. The second-order valence-corrected chi connectivity index (χ2v) is 6.51. The number of carboxylic acids is 1. The predicted molar refractivity (Wildman–Crippen MR) is 70.2 cm³/mol. The Bertz CT molecular complexity index is 447. The van der Waals surface area contributed by atoms with Gasteiger partial charge >= 0.3 is 5.97 Å². The van der Waals surface area contributed by atoms with Gasteiger partial charge in [0, 0.05) is 5.38 Å². The summed E-state index contributed by atoms with van der Waals surface area (Å²) in [6, 6.07) is 1.32. The van der Waals surface area contributed by atoms with Crippen LogP contribution in [0.2, 0.25) is 0 Å². The SMILES string of the molecule is O=C(NC1COCC1C(=O)O)c1csc(I)c1. The van der Waals surface area contributed by atoms with E-state index >= 15 is 0 Å². The van der Waals surface area contributed by atoms with Crippen LogP contribution in [0.1, 0.15) is 10.4 Å². The number of carbonyl (C=O) groups is 2. The lowest BCUT2D eigenvalue weighted by molar-refractivity contribution is -0.142. The van der Waals surface area contributed by atoms with Gasteiger partial charge in [-0.05, 0) is 28.7 Å². The van der Waals surface area contributed by atoms with E-state index in [4.69, 9.17) is 9.84 Å². The largest absolute Gasteiger partial charge is 0.481 e. The molecule has 2 atom stereocenters. The zero-order chi connectivity index (χ0) is 12.4. The van der Waals surface area contributed by atoms with Gasteiger partial charge in [0.1, 0.15) is 5.92 Å². The summed E-state index contributed by atoms with van der Waals surface area (Å²) in [4.78, 5) is 22.7. The third-order valence-corrected chi connectivity index (χ3v) is 4.33. The molecule has 1 aromatic rings. The number of carbonyl (C=O) groups excluding carboxylic acids is 1. The van der Waals surface area contributed by atoms with Crippen molar-refractivity contribution in [3.05, 3.63) is 19.9 Å². The maximum absolute atomic E-state index is 11.8. The van der Waals surface area contributed by atoms with Crippen LogP contribution >= 0.6 is 33.9 Å². The molecule has 17 heavy (non-hydrogen) atoms. The molecule has 0 aromatic carbocycles. The summed E-state index contributed by atoms with van der Waals surface area (Å²) in [6.45, 7) is 0.408. The first-order chi connectivity index (χ1) is 8.08. The molecule has 1 amide bonds. The van der Waals surface area contributed by atoms with Crippen LogP contribution in [0.15, 0.2) is 11.4 Å². The van der Waals surface area contributed by atoms with Crippen LogP contribution in [0, 0.1) is 8.80 Å². The van der Waals surface area contributed by atoms with Crippen molar-refractivity contribution in [2.45, 2.75) is 6.04 Å².